The summed E-state index contributed by atoms with van der Waals surface area (Å²) in [5, 5.41) is 10.9. The van der Waals surface area contributed by atoms with Gasteiger partial charge in [-0.25, -0.2) is 4.39 Å². The van der Waals surface area contributed by atoms with Gasteiger partial charge in [0.05, 0.1) is 12.1 Å². The number of carbonyl (C=O) groups excluding carboxylic acids is 1. The summed E-state index contributed by atoms with van der Waals surface area (Å²) in [6.07, 6.45) is 6.10. The van der Waals surface area contributed by atoms with E-state index < -0.39 is 5.60 Å². The number of nitrogens with zero attached hydrogens (tertiary/aromatic N) is 2. The average molecular weight is 348 g/mol. The van der Waals surface area contributed by atoms with Crippen LogP contribution in [0.4, 0.5) is 4.39 Å². The quantitative estimate of drug-likeness (QED) is 0.860. The fraction of sp³-hybridized carbons (Fsp3) is 0.650. The molecule has 1 aliphatic carbocycles. The molecule has 0 aromatic heterocycles. The van der Waals surface area contributed by atoms with Gasteiger partial charge >= 0.3 is 0 Å². The monoisotopic (exact) mass is 348 g/mol. The van der Waals surface area contributed by atoms with Crippen LogP contribution in [0.15, 0.2) is 24.3 Å². The second-order valence-electron chi connectivity index (χ2n) is 7.94. The summed E-state index contributed by atoms with van der Waals surface area (Å²) in [7, 11) is 1.95. The Morgan fingerprint density at radius 2 is 2.00 bits per heavy atom. The molecule has 1 saturated heterocycles. The second-order valence-corrected chi connectivity index (χ2v) is 7.94. The Kier molecular flexibility index (Phi) is 5.74. The van der Waals surface area contributed by atoms with Crippen LogP contribution in [0.1, 0.15) is 44.1 Å². The van der Waals surface area contributed by atoms with E-state index in [0.717, 1.165) is 5.56 Å². The lowest BCUT2D eigenvalue weighted by Crippen LogP contribution is -2.44. The van der Waals surface area contributed by atoms with Crippen molar-refractivity contribution in [2.45, 2.75) is 50.7 Å². The van der Waals surface area contributed by atoms with Crippen LogP contribution in [-0.4, -0.2) is 53.1 Å². The Balaban J connectivity index is 1.48. The number of rotatable bonds is 6. The van der Waals surface area contributed by atoms with Gasteiger partial charge in [0.1, 0.15) is 5.82 Å². The molecule has 0 bridgehead atoms. The molecule has 5 heteroatoms. The average Bonchev–Trinajstić information content (AvgIpc) is 3.19. The highest BCUT2D eigenvalue weighted by Gasteiger charge is 2.39. The van der Waals surface area contributed by atoms with Gasteiger partial charge < -0.3 is 10.0 Å². The van der Waals surface area contributed by atoms with Crippen molar-refractivity contribution >= 4 is 5.91 Å². The van der Waals surface area contributed by atoms with E-state index in [1.807, 2.05) is 16.8 Å². The molecule has 2 fully saturated rings. The van der Waals surface area contributed by atoms with Crippen LogP contribution in [0.5, 0.6) is 0 Å². The SMILES string of the molecule is CN(Cc1ccc(F)cc1)C[C@]1(O)CCN(C(=O)CC2CCCC2)C1. The summed E-state index contributed by atoms with van der Waals surface area (Å²) in [6, 6.07) is 6.44. The molecule has 0 radical (unpaired) electrons. The third-order valence-corrected chi connectivity index (χ3v) is 5.55. The Morgan fingerprint density at radius 1 is 1.32 bits per heavy atom. The lowest BCUT2D eigenvalue weighted by atomic mass is 10.0. The Labute approximate surface area is 149 Å². The molecular weight excluding hydrogens is 319 g/mol. The van der Waals surface area contributed by atoms with Crippen molar-refractivity contribution in [3.63, 3.8) is 0 Å². The number of likely N-dealkylation sites (N-methyl/N-ethyl adjacent to an activating group) is 1. The number of amides is 1. The van der Waals surface area contributed by atoms with E-state index in [4.69, 9.17) is 0 Å². The highest BCUT2D eigenvalue weighted by Crippen LogP contribution is 2.30. The first-order valence-corrected chi connectivity index (χ1v) is 9.37. The maximum atomic E-state index is 13.0. The molecule has 4 nitrogen and oxygen atoms in total. The van der Waals surface area contributed by atoms with E-state index in [2.05, 4.69) is 0 Å². The number of halogens is 1. The summed E-state index contributed by atoms with van der Waals surface area (Å²) in [6.45, 7) is 2.23. The summed E-state index contributed by atoms with van der Waals surface area (Å²) in [4.78, 5) is 16.3. The standard InChI is InChI=1S/C20H29FN2O2/c1-22(13-17-6-8-18(21)9-7-17)14-20(25)10-11-23(15-20)19(24)12-16-4-2-3-5-16/h6-9,16,25H,2-5,10-15H2,1H3/t20-/m1/s1. The summed E-state index contributed by atoms with van der Waals surface area (Å²) >= 11 is 0. The highest BCUT2D eigenvalue weighted by molar-refractivity contribution is 5.77. The first-order chi connectivity index (χ1) is 11.9. The Bertz CT molecular complexity index is 586. The van der Waals surface area contributed by atoms with Gasteiger partial charge in [-0.05, 0) is 49.9 Å². The van der Waals surface area contributed by atoms with Crippen molar-refractivity contribution in [3.05, 3.63) is 35.6 Å². The molecule has 1 aromatic carbocycles. The van der Waals surface area contributed by atoms with Crippen LogP contribution >= 0.6 is 0 Å². The first-order valence-electron chi connectivity index (χ1n) is 9.37. The zero-order valence-electron chi connectivity index (χ0n) is 15.1. The fourth-order valence-corrected chi connectivity index (χ4v) is 4.25. The summed E-state index contributed by atoms with van der Waals surface area (Å²) in [5.74, 6) is 0.503. The number of hydrogen-bond donors (Lipinski definition) is 1. The minimum Gasteiger partial charge on any atom is -0.387 e. The predicted octanol–water partition coefficient (Wildman–Crippen LogP) is 2.80. The lowest BCUT2D eigenvalue weighted by Gasteiger charge is -2.29. The maximum Gasteiger partial charge on any atom is 0.222 e. The van der Waals surface area contributed by atoms with Gasteiger partial charge in [-0.15, -0.1) is 0 Å². The molecule has 2 aliphatic rings. The smallest absolute Gasteiger partial charge is 0.222 e. The lowest BCUT2D eigenvalue weighted by molar-refractivity contribution is -0.132. The molecule has 138 valence electrons. The van der Waals surface area contributed by atoms with Gasteiger partial charge in [-0.3, -0.25) is 9.69 Å². The predicted molar refractivity (Wildman–Crippen MR) is 95.5 cm³/mol. The van der Waals surface area contributed by atoms with Crippen LogP contribution in [-0.2, 0) is 11.3 Å². The number of carbonyl (C=O) groups is 1. The molecule has 0 spiro atoms. The topological polar surface area (TPSA) is 43.8 Å². The van der Waals surface area contributed by atoms with E-state index >= 15 is 0 Å². The van der Waals surface area contributed by atoms with Gasteiger partial charge in [0.15, 0.2) is 0 Å². The third kappa shape index (κ3) is 5.02. The van der Waals surface area contributed by atoms with E-state index in [0.29, 0.717) is 44.9 Å². The molecule has 1 N–H and O–H groups in total. The van der Waals surface area contributed by atoms with Crippen molar-refractivity contribution in [1.82, 2.24) is 9.80 Å². The highest BCUT2D eigenvalue weighted by atomic mass is 19.1. The van der Waals surface area contributed by atoms with E-state index in [1.165, 1.54) is 37.8 Å². The third-order valence-electron chi connectivity index (χ3n) is 5.55. The van der Waals surface area contributed by atoms with E-state index in [9.17, 15) is 14.3 Å². The molecule has 1 saturated carbocycles. The fourth-order valence-electron chi connectivity index (χ4n) is 4.25. The first kappa shape index (κ1) is 18.3. The second kappa shape index (κ2) is 7.83. The zero-order chi connectivity index (χ0) is 17.9. The molecule has 1 heterocycles. The minimum atomic E-state index is -0.847. The molecular formula is C20H29FN2O2. The van der Waals surface area contributed by atoms with Crippen molar-refractivity contribution in [2.75, 3.05) is 26.7 Å². The van der Waals surface area contributed by atoms with Crippen LogP contribution in [0.2, 0.25) is 0 Å². The number of hydrogen-bond acceptors (Lipinski definition) is 3. The van der Waals surface area contributed by atoms with Gasteiger partial charge in [0, 0.05) is 26.1 Å². The van der Waals surface area contributed by atoms with Crippen LogP contribution in [0, 0.1) is 11.7 Å². The van der Waals surface area contributed by atoms with Crippen molar-refractivity contribution in [1.29, 1.82) is 0 Å². The maximum absolute atomic E-state index is 13.0. The number of aliphatic hydroxyl groups is 1. The molecule has 1 amide bonds. The van der Waals surface area contributed by atoms with Crippen LogP contribution in [0.3, 0.4) is 0 Å². The van der Waals surface area contributed by atoms with Crippen LogP contribution < -0.4 is 0 Å². The van der Waals surface area contributed by atoms with E-state index in [1.54, 1.807) is 12.1 Å². The number of likely N-dealkylation sites (tertiary alicyclic amines) is 1. The molecule has 25 heavy (non-hydrogen) atoms. The van der Waals surface area contributed by atoms with Crippen molar-refractivity contribution < 1.29 is 14.3 Å². The van der Waals surface area contributed by atoms with Gasteiger partial charge in [-0.1, -0.05) is 25.0 Å². The molecule has 3 rings (SSSR count). The van der Waals surface area contributed by atoms with Gasteiger partial charge in [0.25, 0.3) is 0 Å². The van der Waals surface area contributed by atoms with E-state index in [-0.39, 0.29) is 11.7 Å². The molecule has 0 unspecified atom stereocenters. The summed E-state index contributed by atoms with van der Waals surface area (Å²) < 4.78 is 13.0. The number of benzene rings is 1. The van der Waals surface area contributed by atoms with Gasteiger partial charge in [0.2, 0.25) is 5.91 Å². The largest absolute Gasteiger partial charge is 0.387 e. The minimum absolute atomic E-state index is 0.198. The normalized spacial score (nSPS) is 24.4. The Hall–Kier alpha value is -1.46. The molecule has 1 atom stereocenters. The summed E-state index contributed by atoms with van der Waals surface area (Å²) in [5.41, 5.74) is 0.166. The van der Waals surface area contributed by atoms with Crippen molar-refractivity contribution in [2.24, 2.45) is 5.92 Å². The molecule has 1 aromatic rings. The number of β-amino-alcohol motifs (C(OH)–C–C–N with tert-alkyl or cyclic N) is 1. The molecule has 1 aliphatic heterocycles. The van der Waals surface area contributed by atoms with Crippen molar-refractivity contribution in [3.8, 4) is 0 Å². The Morgan fingerprint density at radius 3 is 2.68 bits per heavy atom. The van der Waals surface area contributed by atoms with Crippen LogP contribution in [0.25, 0.3) is 0 Å². The van der Waals surface area contributed by atoms with Gasteiger partial charge in [-0.2, -0.15) is 0 Å². The zero-order valence-corrected chi connectivity index (χ0v) is 15.1.